The third kappa shape index (κ3) is 4.11. The van der Waals surface area contributed by atoms with Crippen LogP contribution in [0.1, 0.15) is 5.56 Å². The van der Waals surface area contributed by atoms with Crippen molar-refractivity contribution in [2.24, 2.45) is 0 Å². The molecule has 25 heavy (non-hydrogen) atoms. The monoisotopic (exact) mass is 337 g/mol. The van der Waals surface area contributed by atoms with E-state index in [1.165, 1.54) is 11.3 Å². The Bertz CT molecular complexity index is 647. The second-order valence-corrected chi connectivity index (χ2v) is 6.65. The molecule has 2 saturated heterocycles. The van der Waals surface area contributed by atoms with E-state index in [1.54, 1.807) is 0 Å². The van der Waals surface area contributed by atoms with Crippen LogP contribution in [0.15, 0.2) is 42.6 Å². The lowest BCUT2D eigenvalue weighted by atomic mass is 10.2. The quantitative estimate of drug-likeness (QED) is 0.852. The average molecular weight is 337 g/mol. The summed E-state index contributed by atoms with van der Waals surface area (Å²) in [5, 5.41) is 0. The highest BCUT2D eigenvalue weighted by atomic mass is 16.5. The molecule has 0 saturated carbocycles. The molecule has 3 heterocycles. The molecule has 5 heteroatoms. The zero-order valence-electron chi connectivity index (χ0n) is 14.6. The molecule has 5 nitrogen and oxygen atoms in total. The van der Waals surface area contributed by atoms with Crippen molar-refractivity contribution in [3.05, 3.63) is 54.2 Å². The van der Waals surface area contributed by atoms with Gasteiger partial charge in [-0.25, -0.2) is 4.98 Å². The summed E-state index contributed by atoms with van der Waals surface area (Å²) in [5.41, 5.74) is 2.57. The van der Waals surface area contributed by atoms with Crippen LogP contribution in [0, 0.1) is 6.07 Å². The summed E-state index contributed by atoms with van der Waals surface area (Å²) in [5.74, 6) is 1.09. The summed E-state index contributed by atoms with van der Waals surface area (Å²) in [6, 6.07) is 15.7. The molecular weight excluding hydrogens is 312 g/mol. The fraction of sp³-hybridized carbons (Fsp3) is 0.450. The summed E-state index contributed by atoms with van der Waals surface area (Å²) >= 11 is 0. The van der Waals surface area contributed by atoms with Gasteiger partial charge in [0.15, 0.2) is 0 Å². The SMILES string of the molecule is [c]1ccc(N2CCN(c3ccc(CN4CCOCC4)cn3)CC2)cc1. The predicted octanol–water partition coefficient (Wildman–Crippen LogP) is 2.04. The van der Waals surface area contributed by atoms with Gasteiger partial charge in [-0.2, -0.15) is 0 Å². The highest BCUT2D eigenvalue weighted by Crippen LogP contribution is 2.19. The van der Waals surface area contributed by atoms with Crippen LogP contribution in [0.25, 0.3) is 0 Å². The maximum atomic E-state index is 5.41. The van der Waals surface area contributed by atoms with Crippen molar-refractivity contribution in [2.45, 2.75) is 6.54 Å². The normalized spacial score (nSPS) is 19.2. The first-order valence-corrected chi connectivity index (χ1v) is 9.09. The number of pyridine rings is 1. The molecule has 2 fully saturated rings. The van der Waals surface area contributed by atoms with Crippen LogP contribution in [0.4, 0.5) is 11.5 Å². The lowest BCUT2D eigenvalue weighted by molar-refractivity contribution is 0.0341. The van der Waals surface area contributed by atoms with Crippen molar-refractivity contribution < 1.29 is 4.74 Å². The van der Waals surface area contributed by atoms with Crippen molar-refractivity contribution in [3.63, 3.8) is 0 Å². The number of anilines is 2. The molecule has 0 bridgehead atoms. The fourth-order valence-corrected chi connectivity index (χ4v) is 3.50. The molecule has 1 aromatic carbocycles. The van der Waals surface area contributed by atoms with Crippen molar-refractivity contribution in [2.75, 3.05) is 62.3 Å². The Morgan fingerprint density at radius 3 is 2.28 bits per heavy atom. The van der Waals surface area contributed by atoms with Gasteiger partial charge in [0.05, 0.1) is 13.2 Å². The average Bonchev–Trinajstić information content (AvgIpc) is 2.70. The Balaban J connectivity index is 1.32. The van der Waals surface area contributed by atoms with Crippen molar-refractivity contribution in [1.82, 2.24) is 9.88 Å². The van der Waals surface area contributed by atoms with E-state index in [4.69, 9.17) is 9.72 Å². The molecule has 131 valence electrons. The van der Waals surface area contributed by atoms with Gasteiger partial charge < -0.3 is 14.5 Å². The maximum absolute atomic E-state index is 5.41. The molecule has 0 unspecified atom stereocenters. The number of morpholine rings is 1. The van der Waals surface area contributed by atoms with Crippen molar-refractivity contribution >= 4 is 11.5 Å². The summed E-state index contributed by atoms with van der Waals surface area (Å²) in [4.78, 5) is 11.9. The summed E-state index contributed by atoms with van der Waals surface area (Å²) in [6.07, 6.45) is 2.03. The van der Waals surface area contributed by atoms with Crippen LogP contribution in [0.2, 0.25) is 0 Å². The van der Waals surface area contributed by atoms with Crippen molar-refractivity contribution in [3.8, 4) is 0 Å². The van der Waals surface area contributed by atoms with Crippen LogP contribution in [-0.2, 0) is 11.3 Å². The molecule has 0 atom stereocenters. The standard InChI is InChI=1S/C20H25N4O/c1-2-4-19(5-3-1)23-8-10-24(11-9-23)20-7-6-18(16-21-20)17-22-12-14-25-15-13-22/h2-7,16H,8-15,17H2. The summed E-state index contributed by atoms with van der Waals surface area (Å²) in [7, 11) is 0. The number of piperazine rings is 1. The molecule has 0 spiro atoms. The Labute approximate surface area is 149 Å². The van der Waals surface area contributed by atoms with Crippen molar-refractivity contribution in [1.29, 1.82) is 0 Å². The number of ether oxygens (including phenoxy) is 1. The maximum Gasteiger partial charge on any atom is 0.128 e. The minimum atomic E-state index is 0.842. The fourth-order valence-electron chi connectivity index (χ4n) is 3.50. The molecule has 2 aliphatic heterocycles. The first-order chi connectivity index (χ1) is 12.4. The molecule has 0 amide bonds. The van der Waals surface area contributed by atoms with Gasteiger partial charge in [-0.1, -0.05) is 18.2 Å². The van der Waals surface area contributed by atoms with Crippen LogP contribution in [-0.4, -0.2) is 62.4 Å². The highest BCUT2D eigenvalue weighted by Gasteiger charge is 2.18. The number of aromatic nitrogens is 1. The van der Waals surface area contributed by atoms with Gasteiger partial charge in [0.2, 0.25) is 0 Å². The largest absolute Gasteiger partial charge is 0.379 e. The molecule has 0 aliphatic carbocycles. The Morgan fingerprint density at radius 1 is 0.880 bits per heavy atom. The van der Waals surface area contributed by atoms with Gasteiger partial charge in [0, 0.05) is 57.7 Å². The molecule has 0 N–H and O–H groups in total. The van der Waals surface area contributed by atoms with E-state index in [0.29, 0.717) is 0 Å². The third-order valence-corrected chi connectivity index (χ3v) is 4.99. The molecule has 2 aromatic rings. The van der Waals surface area contributed by atoms with E-state index >= 15 is 0 Å². The molecule has 4 rings (SSSR count). The number of rotatable bonds is 4. The van der Waals surface area contributed by atoms with Gasteiger partial charge in [0.25, 0.3) is 0 Å². The molecular formula is C20H25N4O. The zero-order chi connectivity index (χ0) is 16.9. The minimum absolute atomic E-state index is 0.842. The lowest BCUT2D eigenvalue weighted by Gasteiger charge is -2.36. The Kier molecular flexibility index (Phi) is 5.14. The Hall–Kier alpha value is -2.11. The van der Waals surface area contributed by atoms with E-state index in [1.807, 2.05) is 18.3 Å². The first-order valence-electron chi connectivity index (χ1n) is 9.09. The number of hydrogen-bond acceptors (Lipinski definition) is 5. The highest BCUT2D eigenvalue weighted by molar-refractivity contribution is 5.49. The van der Waals surface area contributed by atoms with Crippen LogP contribution in [0.3, 0.4) is 0 Å². The van der Waals surface area contributed by atoms with Gasteiger partial charge in [-0.3, -0.25) is 4.90 Å². The van der Waals surface area contributed by atoms with Gasteiger partial charge in [-0.15, -0.1) is 0 Å². The van der Waals surface area contributed by atoms with E-state index in [9.17, 15) is 0 Å². The van der Waals surface area contributed by atoms with E-state index in [2.05, 4.69) is 45.0 Å². The lowest BCUT2D eigenvalue weighted by Crippen LogP contribution is -2.46. The Morgan fingerprint density at radius 2 is 1.60 bits per heavy atom. The van der Waals surface area contributed by atoms with Gasteiger partial charge >= 0.3 is 0 Å². The number of nitrogens with zero attached hydrogens (tertiary/aromatic N) is 4. The van der Waals surface area contributed by atoms with E-state index < -0.39 is 0 Å². The number of hydrogen-bond donors (Lipinski definition) is 0. The first kappa shape index (κ1) is 16.4. The predicted molar refractivity (Wildman–Crippen MR) is 100 cm³/mol. The molecule has 1 radical (unpaired) electrons. The van der Waals surface area contributed by atoms with Gasteiger partial charge in [-0.05, 0) is 29.8 Å². The van der Waals surface area contributed by atoms with Crippen LogP contribution >= 0.6 is 0 Å². The third-order valence-electron chi connectivity index (χ3n) is 4.99. The van der Waals surface area contributed by atoms with E-state index in [-0.39, 0.29) is 0 Å². The summed E-state index contributed by atoms with van der Waals surface area (Å²) in [6.45, 7) is 8.76. The number of benzene rings is 1. The smallest absolute Gasteiger partial charge is 0.128 e. The minimum Gasteiger partial charge on any atom is -0.379 e. The topological polar surface area (TPSA) is 31.8 Å². The van der Waals surface area contributed by atoms with E-state index in [0.717, 1.165) is 64.8 Å². The van der Waals surface area contributed by atoms with Gasteiger partial charge in [0.1, 0.15) is 5.82 Å². The summed E-state index contributed by atoms with van der Waals surface area (Å²) < 4.78 is 5.41. The van der Waals surface area contributed by atoms with Crippen LogP contribution < -0.4 is 9.80 Å². The second kappa shape index (κ2) is 7.85. The van der Waals surface area contributed by atoms with Crippen LogP contribution in [0.5, 0.6) is 0 Å². The zero-order valence-corrected chi connectivity index (χ0v) is 14.6. The second-order valence-electron chi connectivity index (χ2n) is 6.65. The molecule has 2 aliphatic rings. The molecule has 1 aromatic heterocycles.